The summed E-state index contributed by atoms with van der Waals surface area (Å²) < 4.78 is 5.44. The Morgan fingerprint density at radius 2 is 1.71 bits per heavy atom. The van der Waals surface area contributed by atoms with Crippen LogP contribution in [0.3, 0.4) is 0 Å². The number of halogens is 2. The Labute approximate surface area is 214 Å². The first kappa shape index (κ1) is 25.0. The van der Waals surface area contributed by atoms with E-state index in [4.69, 9.17) is 33.7 Å². The standard InChI is InChI=1S/C26H26Cl2N4O3/c27-19-4-6-21(7-5-19)30-26(34)32(11-10-31-12-14-35-15-13-31)22-8-9-23(25(29)33)24(17-22)18-2-1-3-20(28)16-18/h1-9,16-17H,10-15H2,(H2,29,33)(H,30,34). The number of carbonyl (C=O) groups is 2. The van der Waals surface area contributed by atoms with E-state index in [0.29, 0.717) is 58.9 Å². The number of rotatable bonds is 7. The first-order chi connectivity index (χ1) is 16.9. The quantitative estimate of drug-likeness (QED) is 0.459. The van der Waals surface area contributed by atoms with Crippen LogP contribution in [0.1, 0.15) is 10.4 Å². The molecule has 1 aliphatic heterocycles. The first-order valence-electron chi connectivity index (χ1n) is 11.2. The lowest BCUT2D eigenvalue weighted by atomic mass is 9.98. The third-order valence-electron chi connectivity index (χ3n) is 5.80. The molecule has 0 aliphatic carbocycles. The third kappa shape index (κ3) is 6.52. The maximum Gasteiger partial charge on any atom is 0.326 e. The van der Waals surface area contributed by atoms with E-state index in [0.717, 1.165) is 18.7 Å². The summed E-state index contributed by atoms with van der Waals surface area (Å²) in [5, 5.41) is 4.05. The number of hydrogen-bond acceptors (Lipinski definition) is 4. The molecule has 0 radical (unpaired) electrons. The minimum atomic E-state index is -0.558. The normalized spacial score (nSPS) is 13.9. The van der Waals surface area contributed by atoms with Crippen LogP contribution in [-0.4, -0.2) is 56.2 Å². The van der Waals surface area contributed by atoms with E-state index in [-0.39, 0.29) is 6.03 Å². The van der Waals surface area contributed by atoms with Gasteiger partial charge >= 0.3 is 6.03 Å². The van der Waals surface area contributed by atoms with E-state index < -0.39 is 5.91 Å². The third-order valence-corrected chi connectivity index (χ3v) is 6.29. The van der Waals surface area contributed by atoms with Crippen LogP contribution < -0.4 is 16.0 Å². The molecule has 0 atom stereocenters. The predicted octanol–water partition coefficient (Wildman–Crippen LogP) is 5.13. The Bertz CT molecular complexity index is 1200. The van der Waals surface area contributed by atoms with E-state index in [1.54, 1.807) is 65.6 Å². The van der Waals surface area contributed by atoms with Crippen LogP contribution in [0.25, 0.3) is 11.1 Å². The van der Waals surface area contributed by atoms with Gasteiger partial charge in [-0.3, -0.25) is 14.6 Å². The fraction of sp³-hybridized carbons (Fsp3) is 0.231. The first-order valence-corrected chi connectivity index (χ1v) is 12.0. The number of amides is 3. The second-order valence-electron chi connectivity index (χ2n) is 8.15. The summed E-state index contributed by atoms with van der Waals surface area (Å²) in [6, 6.07) is 19.0. The molecule has 0 spiro atoms. The van der Waals surface area contributed by atoms with Crippen LogP contribution in [0.15, 0.2) is 66.7 Å². The number of anilines is 2. The van der Waals surface area contributed by atoms with Crippen molar-refractivity contribution in [3.05, 3.63) is 82.3 Å². The Morgan fingerprint density at radius 1 is 0.971 bits per heavy atom. The van der Waals surface area contributed by atoms with Crippen LogP contribution in [0.4, 0.5) is 16.2 Å². The van der Waals surface area contributed by atoms with Gasteiger partial charge in [-0.25, -0.2) is 4.79 Å². The largest absolute Gasteiger partial charge is 0.379 e. The molecule has 1 fully saturated rings. The molecule has 1 saturated heterocycles. The van der Waals surface area contributed by atoms with Crippen molar-refractivity contribution in [3.63, 3.8) is 0 Å². The summed E-state index contributed by atoms with van der Waals surface area (Å²) in [5.41, 5.74) is 8.60. The van der Waals surface area contributed by atoms with E-state index in [1.165, 1.54) is 0 Å². The van der Waals surface area contributed by atoms with Crippen molar-refractivity contribution in [3.8, 4) is 11.1 Å². The number of nitrogens with two attached hydrogens (primary N) is 1. The highest BCUT2D eigenvalue weighted by atomic mass is 35.5. The van der Waals surface area contributed by atoms with Crippen LogP contribution in [0.5, 0.6) is 0 Å². The van der Waals surface area contributed by atoms with E-state index >= 15 is 0 Å². The van der Waals surface area contributed by atoms with Crippen molar-refractivity contribution in [1.29, 1.82) is 0 Å². The second-order valence-corrected chi connectivity index (χ2v) is 9.02. The lowest BCUT2D eigenvalue weighted by molar-refractivity contribution is 0.0393. The minimum absolute atomic E-state index is 0.301. The summed E-state index contributed by atoms with van der Waals surface area (Å²) in [6.07, 6.45) is 0. The number of carbonyl (C=O) groups excluding carboxylic acids is 2. The van der Waals surface area contributed by atoms with Crippen LogP contribution in [-0.2, 0) is 4.74 Å². The Morgan fingerprint density at radius 3 is 2.40 bits per heavy atom. The summed E-state index contributed by atoms with van der Waals surface area (Å²) in [5.74, 6) is -0.558. The zero-order chi connectivity index (χ0) is 24.8. The maximum atomic E-state index is 13.4. The van der Waals surface area contributed by atoms with E-state index in [1.807, 2.05) is 6.07 Å². The number of urea groups is 1. The lowest BCUT2D eigenvalue weighted by Gasteiger charge is -2.30. The number of ether oxygens (including phenoxy) is 1. The molecule has 0 bridgehead atoms. The van der Waals surface area contributed by atoms with Crippen molar-refractivity contribution >= 4 is 46.5 Å². The molecule has 3 amide bonds. The van der Waals surface area contributed by atoms with Gasteiger partial charge in [0.2, 0.25) is 5.91 Å². The fourth-order valence-corrected chi connectivity index (χ4v) is 4.26. The number of nitrogens with one attached hydrogen (secondary N) is 1. The Hall–Kier alpha value is -3.10. The average molecular weight is 513 g/mol. The number of primary amides is 1. The van der Waals surface area contributed by atoms with Gasteiger partial charge in [-0.1, -0.05) is 35.3 Å². The molecule has 3 N–H and O–H groups in total. The number of benzene rings is 3. The van der Waals surface area contributed by atoms with Gasteiger partial charge in [-0.2, -0.15) is 0 Å². The summed E-state index contributed by atoms with van der Waals surface area (Å²) >= 11 is 12.2. The Balaban J connectivity index is 1.67. The number of hydrogen-bond donors (Lipinski definition) is 2. The number of morpholine rings is 1. The smallest absolute Gasteiger partial charge is 0.326 e. The maximum absolute atomic E-state index is 13.4. The van der Waals surface area contributed by atoms with Gasteiger partial charge in [-0.05, 0) is 65.7 Å². The molecule has 0 aromatic heterocycles. The molecule has 0 saturated carbocycles. The molecule has 4 rings (SSSR count). The summed E-state index contributed by atoms with van der Waals surface area (Å²) in [6.45, 7) is 4.06. The van der Waals surface area contributed by atoms with Gasteiger partial charge in [0.05, 0.1) is 13.2 Å². The van der Waals surface area contributed by atoms with Gasteiger partial charge in [-0.15, -0.1) is 0 Å². The molecule has 3 aromatic rings. The molecule has 0 unspecified atom stereocenters. The lowest BCUT2D eigenvalue weighted by Crippen LogP contribution is -2.44. The fourth-order valence-electron chi connectivity index (χ4n) is 3.95. The second kappa shape index (κ2) is 11.6. The molecule has 7 nitrogen and oxygen atoms in total. The highest BCUT2D eigenvalue weighted by molar-refractivity contribution is 6.31. The van der Waals surface area contributed by atoms with Crippen molar-refractivity contribution in [2.75, 3.05) is 49.6 Å². The molecule has 1 heterocycles. The van der Waals surface area contributed by atoms with E-state index in [9.17, 15) is 9.59 Å². The molecule has 1 aliphatic rings. The SMILES string of the molecule is NC(=O)c1ccc(N(CCN2CCOCC2)C(=O)Nc2ccc(Cl)cc2)cc1-c1cccc(Cl)c1. The van der Waals surface area contributed by atoms with Crippen molar-refractivity contribution < 1.29 is 14.3 Å². The molecule has 182 valence electrons. The molecule has 9 heteroatoms. The van der Waals surface area contributed by atoms with Gasteiger partial charge < -0.3 is 15.8 Å². The van der Waals surface area contributed by atoms with Gasteiger partial charge in [0.1, 0.15) is 0 Å². The monoisotopic (exact) mass is 512 g/mol. The van der Waals surface area contributed by atoms with Crippen molar-refractivity contribution in [2.45, 2.75) is 0 Å². The van der Waals surface area contributed by atoms with Gasteiger partial charge in [0.25, 0.3) is 0 Å². The Kier molecular flexibility index (Phi) is 8.25. The highest BCUT2D eigenvalue weighted by Crippen LogP contribution is 2.31. The zero-order valence-corrected chi connectivity index (χ0v) is 20.6. The average Bonchev–Trinajstić information content (AvgIpc) is 2.86. The minimum Gasteiger partial charge on any atom is -0.379 e. The van der Waals surface area contributed by atoms with Crippen LogP contribution in [0.2, 0.25) is 10.0 Å². The zero-order valence-electron chi connectivity index (χ0n) is 19.0. The molecule has 35 heavy (non-hydrogen) atoms. The topological polar surface area (TPSA) is 87.9 Å². The van der Waals surface area contributed by atoms with E-state index in [2.05, 4.69) is 10.2 Å². The molecular weight excluding hydrogens is 487 g/mol. The predicted molar refractivity (Wildman–Crippen MR) is 140 cm³/mol. The summed E-state index contributed by atoms with van der Waals surface area (Å²) in [7, 11) is 0. The van der Waals surface area contributed by atoms with Gasteiger partial charge in [0, 0.05) is 53.2 Å². The number of nitrogens with zero attached hydrogens (tertiary/aromatic N) is 2. The van der Waals surface area contributed by atoms with Crippen LogP contribution in [0, 0.1) is 0 Å². The molecule has 3 aromatic carbocycles. The summed E-state index contributed by atoms with van der Waals surface area (Å²) in [4.78, 5) is 29.5. The van der Waals surface area contributed by atoms with Crippen molar-refractivity contribution in [2.24, 2.45) is 5.73 Å². The van der Waals surface area contributed by atoms with Crippen LogP contribution >= 0.6 is 23.2 Å². The van der Waals surface area contributed by atoms with Crippen molar-refractivity contribution in [1.82, 2.24) is 4.90 Å². The van der Waals surface area contributed by atoms with Gasteiger partial charge in [0.15, 0.2) is 0 Å². The highest BCUT2D eigenvalue weighted by Gasteiger charge is 2.21. The molecular formula is C26H26Cl2N4O3.